The molecule has 4 nitrogen and oxygen atoms in total. The lowest BCUT2D eigenvalue weighted by molar-refractivity contribution is 0.742. The van der Waals surface area contributed by atoms with Crippen molar-refractivity contribution in [2.75, 3.05) is 24.2 Å². The van der Waals surface area contributed by atoms with E-state index in [1.807, 2.05) is 13.2 Å². The van der Waals surface area contributed by atoms with Crippen molar-refractivity contribution in [3.8, 4) is 0 Å². The van der Waals surface area contributed by atoms with Gasteiger partial charge in [0.1, 0.15) is 5.82 Å². The monoisotopic (exact) mass is 478 g/mol. The second kappa shape index (κ2) is 14.6. The second-order valence-electron chi connectivity index (χ2n) is 8.73. The molecule has 0 amide bonds. The van der Waals surface area contributed by atoms with E-state index in [-0.39, 0.29) is 0 Å². The first kappa shape index (κ1) is 27.6. The number of nitrogens with zero attached hydrogens (tertiary/aromatic N) is 1. The van der Waals surface area contributed by atoms with Crippen molar-refractivity contribution in [3.63, 3.8) is 0 Å². The fourth-order valence-electron chi connectivity index (χ4n) is 3.80. The Morgan fingerprint density at radius 1 is 1.12 bits per heavy atom. The summed E-state index contributed by atoms with van der Waals surface area (Å²) in [5.41, 5.74) is 9.04. The summed E-state index contributed by atoms with van der Waals surface area (Å²) in [6.45, 7) is 18.1. The van der Waals surface area contributed by atoms with Crippen LogP contribution in [-0.2, 0) is 12.2 Å². The van der Waals surface area contributed by atoms with E-state index < -0.39 is 0 Å². The van der Waals surface area contributed by atoms with Crippen LogP contribution >= 0.6 is 11.8 Å². The molecular formula is C29H42N4S. The maximum Gasteiger partial charge on any atom is 0.126 e. The Labute approximate surface area is 211 Å². The minimum Gasteiger partial charge on any atom is -0.386 e. The molecule has 0 aliphatic rings. The largest absolute Gasteiger partial charge is 0.386 e. The number of hydrogen-bond donors (Lipinski definition) is 3. The predicted octanol–water partition coefficient (Wildman–Crippen LogP) is 7.90. The number of benzene rings is 1. The zero-order valence-corrected chi connectivity index (χ0v) is 22.5. The van der Waals surface area contributed by atoms with Crippen LogP contribution in [0.1, 0.15) is 68.7 Å². The van der Waals surface area contributed by atoms with E-state index in [1.165, 1.54) is 41.5 Å². The Morgan fingerprint density at radius 3 is 2.59 bits per heavy atom. The molecular weight excluding hydrogens is 436 g/mol. The van der Waals surface area contributed by atoms with E-state index >= 15 is 0 Å². The standard InChI is InChI=1S/C29H42N4S/c1-8-10-11-14-31-29-17-24(13-15-32-29)19-34-20-28(30-7)23(6)33-27-18-26(21(3)4)22(5)16-25(27)12-9-2/h13,15-18,20,30,33H,3,6,8-12,14,19H2,1-2,4-5,7H3,(H,31,32)/b28-20-. The van der Waals surface area contributed by atoms with E-state index in [9.17, 15) is 0 Å². The summed E-state index contributed by atoms with van der Waals surface area (Å²) in [6.07, 6.45) is 7.65. The van der Waals surface area contributed by atoms with Crippen molar-refractivity contribution in [3.05, 3.63) is 82.7 Å². The first-order valence-corrected chi connectivity index (χ1v) is 13.4. The Balaban J connectivity index is 2.05. The maximum atomic E-state index is 4.44. The van der Waals surface area contributed by atoms with Gasteiger partial charge in [-0.15, -0.1) is 11.8 Å². The van der Waals surface area contributed by atoms with Gasteiger partial charge in [-0.05, 0) is 72.6 Å². The number of rotatable bonds is 15. The lowest BCUT2D eigenvalue weighted by Gasteiger charge is -2.19. The lowest BCUT2D eigenvalue weighted by Crippen LogP contribution is -2.14. The molecule has 0 unspecified atom stereocenters. The molecule has 0 fully saturated rings. The molecule has 0 saturated carbocycles. The van der Waals surface area contributed by atoms with E-state index in [2.05, 4.69) is 91.5 Å². The molecule has 0 spiro atoms. The lowest BCUT2D eigenvalue weighted by atomic mass is 9.96. The summed E-state index contributed by atoms with van der Waals surface area (Å²) < 4.78 is 0. The molecule has 2 rings (SSSR count). The van der Waals surface area contributed by atoms with Gasteiger partial charge in [-0.3, -0.25) is 0 Å². The molecule has 3 N–H and O–H groups in total. The van der Waals surface area contributed by atoms with E-state index in [0.717, 1.165) is 53.6 Å². The zero-order chi connectivity index (χ0) is 24.9. The molecule has 0 atom stereocenters. The quantitative estimate of drug-likeness (QED) is 0.179. The maximum absolute atomic E-state index is 4.44. The van der Waals surface area contributed by atoms with Crippen LogP contribution in [0.3, 0.4) is 0 Å². The third kappa shape index (κ3) is 8.60. The number of aryl methyl sites for hydroxylation is 2. The van der Waals surface area contributed by atoms with E-state index in [4.69, 9.17) is 0 Å². The first-order valence-electron chi connectivity index (χ1n) is 12.3. The Hall–Kier alpha value is -2.66. The van der Waals surface area contributed by atoms with Crippen LogP contribution in [0, 0.1) is 6.92 Å². The summed E-state index contributed by atoms with van der Waals surface area (Å²) in [5, 5.41) is 12.4. The Bertz CT molecular complexity index is 994. The number of anilines is 2. The third-order valence-corrected chi connectivity index (χ3v) is 6.57. The van der Waals surface area contributed by atoms with Crippen molar-refractivity contribution in [2.24, 2.45) is 0 Å². The van der Waals surface area contributed by atoms with Gasteiger partial charge in [-0.2, -0.15) is 0 Å². The number of hydrogen-bond acceptors (Lipinski definition) is 5. The molecule has 1 heterocycles. The molecule has 2 aromatic rings. The van der Waals surface area contributed by atoms with Crippen LogP contribution < -0.4 is 16.0 Å². The van der Waals surface area contributed by atoms with Gasteiger partial charge < -0.3 is 16.0 Å². The number of likely N-dealkylation sites (N-methyl/N-ethyl adjacent to an activating group) is 1. The first-order chi connectivity index (χ1) is 16.4. The van der Waals surface area contributed by atoms with Crippen LogP contribution in [0.2, 0.25) is 0 Å². The predicted molar refractivity (Wildman–Crippen MR) is 153 cm³/mol. The fourth-order valence-corrected chi connectivity index (χ4v) is 4.69. The summed E-state index contributed by atoms with van der Waals surface area (Å²) in [6, 6.07) is 8.70. The number of pyridine rings is 1. The molecule has 184 valence electrons. The van der Waals surface area contributed by atoms with Crippen LogP contribution in [0.4, 0.5) is 11.5 Å². The number of nitrogens with one attached hydrogen (secondary N) is 3. The van der Waals surface area contributed by atoms with Gasteiger partial charge in [-0.25, -0.2) is 4.98 Å². The molecule has 1 aromatic heterocycles. The smallest absolute Gasteiger partial charge is 0.126 e. The van der Waals surface area contributed by atoms with Crippen molar-refractivity contribution in [2.45, 2.75) is 65.6 Å². The minimum atomic E-state index is 0.858. The molecule has 0 aliphatic heterocycles. The van der Waals surface area contributed by atoms with Crippen LogP contribution in [0.15, 0.2) is 60.4 Å². The van der Waals surface area contributed by atoms with Crippen molar-refractivity contribution in [1.82, 2.24) is 10.3 Å². The minimum absolute atomic E-state index is 0.858. The van der Waals surface area contributed by atoms with Crippen LogP contribution in [-0.4, -0.2) is 18.6 Å². The highest BCUT2D eigenvalue weighted by molar-refractivity contribution is 8.01. The highest BCUT2D eigenvalue weighted by Crippen LogP contribution is 2.29. The third-order valence-electron chi connectivity index (χ3n) is 5.67. The number of thioether (sulfide) groups is 1. The number of unbranched alkanes of at least 4 members (excludes halogenated alkanes) is 2. The highest BCUT2D eigenvalue weighted by Gasteiger charge is 2.10. The highest BCUT2D eigenvalue weighted by atomic mass is 32.2. The normalized spacial score (nSPS) is 11.3. The van der Waals surface area contributed by atoms with Gasteiger partial charge in [0, 0.05) is 31.2 Å². The topological polar surface area (TPSA) is 49.0 Å². The molecule has 0 bridgehead atoms. The van der Waals surface area contributed by atoms with Gasteiger partial charge in [0.15, 0.2) is 0 Å². The SMILES string of the molecule is C=C(Nc1cc(C(=C)C)c(C)cc1CCC)/C(=C/SCc1ccnc(NCCCCC)c1)NC. The molecule has 5 heteroatoms. The fraction of sp³-hybridized carbons (Fsp3) is 0.414. The Kier molecular flexibility index (Phi) is 11.8. The van der Waals surface area contributed by atoms with Gasteiger partial charge >= 0.3 is 0 Å². The van der Waals surface area contributed by atoms with Gasteiger partial charge in [-0.1, -0.05) is 57.9 Å². The van der Waals surface area contributed by atoms with Crippen LogP contribution in [0.25, 0.3) is 5.57 Å². The number of allylic oxidation sites excluding steroid dienone is 1. The van der Waals surface area contributed by atoms with Gasteiger partial charge in [0.2, 0.25) is 0 Å². The molecule has 0 aliphatic carbocycles. The van der Waals surface area contributed by atoms with Crippen molar-refractivity contribution < 1.29 is 0 Å². The van der Waals surface area contributed by atoms with E-state index in [0.29, 0.717) is 0 Å². The van der Waals surface area contributed by atoms with Gasteiger partial charge in [0.05, 0.1) is 11.4 Å². The summed E-state index contributed by atoms with van der Waals surface area (Å²) in [5.74, 6) is 1.82. The summed E-state index contributed by atoms with van der Waals surface area (Å²) in [7, 11) is 1.94. The van der Waals surface area contributed by atoms with Crippen LogP contribution in [0.5, 0.6) is 0 Å². The molecule has 0 radical (unpaired) electrons. The second-order valence-corrected chi connectivity index (χ2v) is 9.59. The molecule has 0 saturated heterocycles. The van der Waals surface area contributed by atoms with Crippen molar-refractivity contribution in [1.29, 1.82) is 0 Å². The Morgan fingerprint density at radius 2 is 1.91 bits per heavy atom. The molecule has 34 heavy (non-hydrogen) atoms. The number of aromatic nitrogens is 1. The molecule has 1 aromatic carbocycles. The average Bonchev–Trinajstić information content (AvgIpc) is 2.81. The van der Waals surface area contributed by atoms with Gasteiger partial charge in [0.25, 0.3) is 0 Å². The summed E-state index contributed by atoms with van der Waals surface area (Å²) >= 11 is 1.75. The zero-order valence-electron chi connectivity index (χ0n) is 21.7. The summed E-state index contributed by atoms with van der Waals surface area (Å²) in [4.78, 5) is 4.44. The average molecular weight is 479 g/mol. The van der Waals surface area contributed by atoms with E-state index in [1.54, 1.807) is 11.8 Å². The van der Waals surface area contributed by atoms with Crippen molar-refractivity contribution >= 4 is 28.8 Å².